The van der Waals surface area contributed by atoms with E-state index in [9.17, 15) is 4.79 Å². The molecular formula is C15H21NO4. The average molecular weight is 279 g/mol. The summed E-state index contributed by atoms with van der Waals surface area (Å²) >= 11 is 0. The molecule has 1 aromatic carbocycles. The molecule has 5 nitrogen and oxygen atoms in total. The maximum absolute atomic E-state index is 11.5. The molecule has 1 aliphatic rings. The van der Waals surface area contributed by atoms with Gasteiger partial charge >= 0.3 is 0 Å². The number of hydrogen-bond acceptors (Lipinski definition) is 4. The van der Waals surface area contributed by atoms with E-state index in [-0.39, 0.29) is 5.91 Å². The normalized spacial score (nSPS) is 18.7. The summed E-state index contributed by atoms with van der Waals surface area (Å²) in [4.78, 5) is 13.2. The molecule has 1 saturated heterocycles. The zero-order valence-electron chi connectivity index (χ0n) is 11.7. The average Bonchev–Trinajstić information content (AvgIpc) is 2.53. The second-order valence-corrected chi connectivity index (χ2v) is 4.99. The van der Waals surface area contributed by atoms with Crippen LogP contribution in [0.2, 0.25) is 0 Å². The second-order valence-electron chi connectivity index (χ2n) is 4.99. The summed E-state index contributed by atoms with van der Waals surface area (Å²) in [6.45, 7) is 1.57. The molecule has 1 amide bonds. The van der Waals surface area contributed by atoms with Gasteiger partial charge in [-0.15, -0.1) is 0 Å². The van der Waals surface area contributed by atoms with E-state index in [0.717, 1.165) is 30.9 Å². The molecule has 1 heterocycles. The van der Waals surface area contributed by atoms with Crippen LogP contribution in [-0.2, 0) is 4.79 Å². The molecule has 1 fully saturated rings. The molecule has 0 radical (unpaired) electrons. The third-order valence-electron chi connectivity index (χ3n) is 3.55. The minimum absolute atomic E-state index is 0.195. The van der Waals surface area contributed by atoms with Crippen LogP contribution in [-0.4, -0.2) is 49.3 Å². The van der Waals surface area contributed by atoms with Crippen LogP contribution in [0.4, 0.5) is 0 Å². The smallest absolute Gasteiger partial charge is 0.248 e. The number of ether oxygens (including phenoxy) is 2. The maximum Gasteiger partial charge on any atom is 0.248 e. The van der Waals surface area contributed by atoms with Crippen LogP contribution in [0.3, 0.4) is 0 Å². The molecule has 2 rings (SSSR count). The summed E-state index contributed by atoms with van der Waals surface area (Å²) in [5, 5.41) is 8.90. The number of hydrogen-bond donors (Lipinski definition) is 1. The third-order valence-corrected chi connectivity index (χ3v) is 3.55. The highest BCUT2D eigenvalue weighted by molar-refractivity contribution is 5.77. The predicted molar refractivity (Wildman–Crippen MR) is 74.9 cm³/mol. The minimum Gasteiger partial charge on any atom is -0.497 e. The van der Waals surface area contributed by atoms with E-state index in [1.807, 2.05) is 24.3 Å². The van der Waals surface area contributed by atoms with Crippen LogP contribution < -0.4 is 9.47 Å². The maximum atomic E-state index is 11.5. The van der Waals surface area contributed by atoms with Crippen molar-refractivity contribution in [1.82, 2.24) is 4.90 Å². The van der Waals surface area contributed by atoms with E-state index in [2.05, 4.69) is 0 Å². The van der Waals surface area contributed by atoms with Crippen LogP contribution in [0.5, 0.6) is 11.5 Å². The van der Waals surface area contributed by atoms with E-state index in [0.29, 0.717) is 19.1 Å². The Hall–Kier alpha value is -1.75. The van der Waals surface area contributed by atoms with Crippen molar-refractivity contribution in [2.45, 2.75) is 12.8 Å². The lowest BCUT2D eigenvalue weighted by molar-refractivity contribution is -0.136. The number of carbonyl (C=O) groups is 1. The SMILES string of the molecule is COc1ccc(OC[C@@H]2CCCN(C(=O)CO)C2)cc1. The van der Waals surface area contributed by atoms with Gasteiger partial charge in [-0.05, 0) is 37.1 Å². The summed E-state index contributed by atoms with van der Waals surface area (Å²) in [7, 11) is 1.63. The van der Waals surface area contributed by atoms with Crippen molar-refractivity contribution in [1.29, 1.82) is 0 Å². The summed E-state index contributed by atoms with van der Waals surface area (Å²) in [6.07, 6.45) is 2.01. The number of piperidine rings is 1. The van der Waals surface area contributed by atoms with Gasteiger partial charge in [0, 0.05) is 19.0 Å². The summed E-state index contributed by atoms with van der Waals surface area (Å²) in [5.41, 5.74) is 0. The molecule has 110 valence electrons. The molecule has 20 heavy (non-hydrogen) atoms. The van der Waals surface area contributed by atoms with Crippen molar-refractivity contribution in [2.24, 2.45) is 5.92 Å². The summed E-state index contributed by atoms with van der Waals surface area (Å²) < 4.78 is 10.8. The van der Waals surface area contributed by atoms with Gasteiger partial charge in [-0.2, -0.15) is 0 Å². The topological polar surface area (TPSA) is 59.0 Å². The fourth-order valence-electron chi connectivity index (χ4n) is 2.41. The Balaban J connectivity index is 1.82. The van der Waals surface area contributed by atoms with E-state index < -0.39 is 6.61 Å². The van der Waals surface area contributed by atoms with Crippen molar-refractivity contribution in [2.75, 3.05) is 33.4 Å². The Morgan fingerprint density at radius 3 is 2.70 bits per heavy atom. The van der Waals surface area contributed by atoms with Gasteiger partial charge in [0.15, 0.2) is 0 Å². The first-order valence-electron chi connectivity index (χ1n) is 6.88. The summed E-state index contributed by atoms with van der Waals surface area (Å²) in [6, 6.07) is 7.46. The lowest BCUT2D eigenvalue weighted by atomic mass is 9.99. The Labute approximate surface area is 119 Å². The van der Waals surface area contributed by atoms with Crippen LogP contribution in [0, 0.1) is 5.92 Å². The third kappa shape index (κ3) is 3.87. The number of likely N-dealkylation sites (tertiary alicyclic amines) is 1. The Morgan fingerprint density at radius 1 is 1.35 bits per heavy atom. The number of methoxy groups -OCH3 is 1. The molecule has 0 bridgehead atoms. The van der Waals surface area contributed by atoms with Gasteiger partial charge < -0.3 is 19.5 Å². The van der Waals surface area contributed by atoms with Gasteiger partial charge in [0.05, 0.1) is 13.7 Å². The standard InChI is InChI=1S/C15H21NO4/c1-19-13-4-6-14(7-5-13)20-11-12-3-2-8-16(9-12)15(18)10-17/h4-7,12,17H,2-3,8-11H2,1H3/t12-/m1/s1. The van der Waals surface area contributed by atoms with E-state index >= 15 is 0 Å². The number of carbonyl (C=O) groups excluding carboxylic acids is 1. The fourth-order valence-corrected chi connectivity index (χ4v) is 2.41. The molecule has 0 aromatic heterocycles. The monoisotopic (exact) mass is 279 g/mol. The Kier molecular flexibility index (Phi) is 5.24. The first kappa shape index (κ1) is 14.7. The zero-order chi connectivity index (χ0) is 14.4. The Bertz CT molecular complexity index is 432. The van der Waals surface area contributed by atoms with Crippen LogP contribution >= 0.6 is 0 Å². The molecule has 1 aromatic rings. The van der Waals surface area contributed by atoms with E-state index in [1.165, 1.54) is 0 Å². The van der Waals surface area contributed by atoms with E-state index in [4.69, 9.17) is 14.6 Å². The van der Waals surface area contributed by atoms with Gasteiger partial charge in [-0.25, -0.2) is 0 Å². The second kappa shape index (κ2) is 7.14. The lowest BCUT2D eigenvalue weighted by Crippen LogP contribution is -2.42. The molecule has 5 heteroatoms. The molecule has 0 spiro atoms. The molecule has 1 aliphatic heterocycles. The molecule has 1 N–H and O–H groups in total. The number of aliphatic hydroxyl groups excluding tert-OH is 1. The predicted octanol–water partition coefficient (Wildman–Crippen LogP) is 1.30. The van der Waals surface area contributed by atoms with Gasteiger partial charge in [0.1, 0.15) is 18.1 Å². The number of rotatable bonds is 5. The van der Waals surface area contributed by atoms with Crippen molar-refractivity contribution >= 4 is 5.91 Å². The highest BCUT2D eigenvalue weighted by Gasteiger charge is 2.23. The van der Waals surface area contributed by atoms with Gasteiger partial charge in [-0.1, -0.05) is 0 Å². The van der Waals surface area contributed by atoms with Gasteiger partial charge in [0.2, 0.25) is 5.91 Å². The van der Waals surface area contributed by atoms with Crippen LogP contribution in [0.15, 0.2) is 24.3 Å². The highest BCUT2D eigenvalue weighted by Crippen LogP contribution is 2.21. The van der Waals surface area contributed by atoms with E-state index in [1.54, 1.807) is 12.0 Å². The number of benzene rings is 1. The van der Waals surface area contributed by atoms with Crippen molar-refractivity contribution in [3.05, 3.63) is 24.3 Å². The van der Waals surface area contributed by atoms with Gasteiger partial charge in [0.25, 0.3) is 0 Å². The lowest BCUT2D eigenvalue weighted by Gasteiger charge is -2.32. The van der Waals surface area contributed by atoms with Gasteiger partial charge in [-0.3, -0.25) is 4.79 Å². The minimum atomic E-state index is -0.411. The first-order chi connectivity index (χ1) is 9.72. The molecular weight excluding hydrogens is 258 g/mol. The quantitative estimate of drug-likeness (QED) is 0.882. The molecule has 1 atom stereocenters. The van der Waals surface area contributed by atoms with Crippen LogP contribution in [0.1, 0.15) is 12.8 Å². The molecule has 0 saturated carbocycles. The summed E-state index contributed by atoms with van der Waals surface area (Å²) in [5.74, 6) is 1.73. The number of nitrogens with zero attached hydrogens (tertiary/aromatic N) is 1. The zero-order valence-corrected chi connectivity index (χ0v) is 11.7. The van der Waals surface area contributed by atoms with Crippen LogP contribution in [0.25, 0.3) is 0 Å². The highest BCUT2D eigenvalue weighted by atomic mass is 16.5. The fraction of sp³-hybridized carbons (Fsp3) is 0.533. The molecule has 0 aliphatic carbocycles. The van der Waals surface area contributed by atoms with Crippen molar-refractivity contribution in [3.63, 3.8) is 0 Å². The Morgan fingerprint density at radius 2 is 2.05 bits per heavy atom. The van der Waals surface area contributed by atoms with Crippen molar-refractivity contribution < 1.29 is 19.4 Å². The number of aliphatic hydroxyl groups is 1. The number of amides is 1. The molecule has 0 unspecified atom stereocenters. The largest absolute Gasteiger partial charge is 0.497 e. The first-order valence-corrected chi connectivity index (χ1v) is 6.88. The van der Waals surface area contributed by atoms with Crippen molar-refractivity contribution in [3.8, 4) is 11.5 Å².